The Morgan fingerprint density at radius 1 is 1.32 bits per heavy atom. The van der Waals surface area contributed by atoms with Crippen LogP contribution in [0.4, 0.5) is 0 Å². The molecule has 1 fully saturated rings. The first-order chi connectivity index (χ1) is 9.04. The predicted molar refractivity (Wildman–Crippen MR) is 79.3 cm³/mol. The minimum atomic E-state index is 0.195. The monoisotopic (exact) mass is 270 g/mol. The minimum absolute atomic E-state index is 0.195. The molecule has 5 nitrogen and oxygen atoms in total. The lowest BCUT2D eigenvalue weighted by Gasteiger charge is -2.43. The number of likely N-dealkylation sites (N-methyl/N-ethyl adjacent to an activating group) is 2. The van der Waals surface area contributed by atoms with Gasteiger partial charge in [-0.3, -0.25) is 9.69 Å². The van der Waals surface area contributed by atoms with Crippen LogP contribution in [-0.4, -0.2) is 87.1 Å². The zero-order valence-electron chi connectivity index (χ0n) is 13.0. The lowest BCUT2D eigenvalue weighted by atomic mass is 10.1. The topological polar surface area (TPSA) is 38.8 Å². The van der Waals surface area contributed by atoms with Crippen LogP contribution in [0.2, 0.25) is 0 Å². The molecule has 1 rings (SSSR count). The molecule has 5 heteroatoms. The van der Waals surface area contributed by atoms with Gasteiger partial charge >= 0.3 is 0 Å². The summed E-state index contributed by atoms with van der Waals surface area (Å²) < 4.78 is 0. The van der Waals surface area contributed by atoms with E-state index in [-0.39, 0.29) is 5.91 Å². The van der Waals surface area contributed by atoms with Crippen molar-refractivity contribution in [3.8, 4) is 0 Å². The maximum Gasteiger partial charge on any atom is 0.223 e. The Balaban J connectivity index is 1.99. The molecular formula is C14H30N4O. The fourth-order valence-electron chi connectivity index (χ4n) is 2.45. The number of hydrogen-bond donors (Lipinski definition) is 1. The van der Waals surface area contributed by atoms with Crippen molar-refractivity contribution in [2.45, 2.75) is 25.8 Å². The van der Waals surface area contributed by atoms with E-state index in [1.807, 2.05) is 0 Å². The third kappa shape index (κ3) is 5.89. The Hall–Kier alpha value is -0.650. The molecule has 0 saturated carbocycles. The van der Waals surface area contributed by atoms with Crippen LogP contribution in [0.3, 0.4) is 0 Å². The number of hydrogen-bond acceptors (Lipinski definition) is 4. The summed E-state index contributed by atoms with van der Waals surface area (Å²) in [7, 11) is 5.78. The van der Waals surface area contributed by atoms with Gasteiger partial charge in [-0.1, -0.05) is 6.92 Å². The van der Waals surface area contributed by atoms with Crippen molar-refractivity contribution < 1.29 is 4.79 Å². The van der Waals surface area contributed by atoms with Gasteiger partial charge in [0.25, 0.3) is 0 Å². The molecule has 19 heavy (non-hydrogen) atoms. The molecule has 0 bridgehead atoms. The molecule has 1 amide bonds. The van der Waals surface area contributed by atoms with E-state index in [1.165, 1.54) is 13.1 Å². The van der Waals surface area contributed by atoms with E-state index in [0.717, 1.165) is 38.6 Å². The third-order valence-electron chi connectivity index (χ3n) is 3.78. The van der Waals surface area contributed by atoms with Gasteiger partial charge in [0.05, 0.1) is 0 Å². The summed E-state index contributed by atoms with van der Waals surface area (Å²) in [5, 5.41) is 3.35. The maximum atomic E-state index is 11.4. The Morgan fingerprint density at radius 3 is 2.53 bits per heavy atom. The minimum Gasteiger partial charge on any atom is -0.349 e. The number of nitrogens with zero attached hydrogens (tertiary/aromatic N) is 3. The van der Waals surface area contributed by atoms with E-state index in [2.05, 4.69) is 29.1 Å². The SMILES string of the molecule is CCN(CCCNCCC(=O)N(C)C)C1CN(C)C1. The van der Waals surface area contributed by atoms with Crippen molar-refractivity contribution in [3.05, 3.63) is 0 Å². The molecule has 0 spiro atoms. The highest BCUT2D eigenvalue weighted by Gasteiger charge is 2.27. The van der Waals surface area contributed by atoms with Crippen LogP contribution in [0.15, 0.2) is 0 Å². The lowest BCUT2D eigenvalue weighted by Crippen LogP contribution is -2.57. The Bertz CT molecular complexity index is 264. The molecule has 1 heterocycles. The summed E-state index contributed by atoms with van der Waals surface area (Å²) in [4.78, 5) is 17.9. The van der Waals surface area contributed by atoms with E-state index in [4.69, 9.17) is 0 Å². The van der Waals surface area contributed by atoms with Crippen molar-refractivity contribution >= 4 is 5.91 Å². The normalized spacial score (nSPS) is 16.7. The average molecular weight is 270 g/mol. The predicted octanol–water partition coefficient (Wildman–Crippen LogP) is 0.0803. The van der Waals surface area contributed by atoms with Crippen molar-refractivity contribution in [2.75, 3.05) is 60.4 Å². The molecule has 0 atom stereocenters. The number of amides is 1. The van der Waals surface area contributed by atoms with Gasteiger partial charge in [-0.05, 0) is 33.1 Å². The second-order valence-electron chi connectivity index (χ2n) is 5.65. The number of carbonyl (C=O) groups excluding carboxylic acids is 1. The van der Waals surface area contributed by atoms with Crippen molar-refractivity contribution in [3.63, 3.8) is 0 Å². The molecule has 0 aliphatic carbocycles. The van der Waals surface area contributed by atoms with Gasteiger partial charge < -0.3 is 15.1 Å². The van der Waals surface area contributed by atoms with E-state index in [0.29, 0.717) is 6.42 Å². The number of rotatable bonds is 9. The summed E-state index contributed by atoms with van der Waals surface area (Å²) in [6.45, 7) is 8.73. The van der Waals surface area contributed by atoms with Gasteiger partial charge in [-0.2, -0.15) is 0 Å². The lowest BCUT2D eigenvalue weighted by molar-refractivity contribution is -0.128. The van der Waals surface area contributed by atoms with Gasteiger partial charge in [-0.15, -0.1) is 0 Å². The highest BCUT2D eigenvalue weighted by molar-refractivity contribution is 5.75. The molecule has 112 valence electrons. The molecule has 0 aromatic rings. The Morgan fingerprint density at radius 2 is 2.00 bits per heavy atom. The van der Waals surface area contributed by atoms with Crippen molar-refractivity contribution in [1.29, 1.82) is 0 Å². The van der Waals surface area contributed by atoms with Crippen LogP contribution in [0, 0.1) is 0 Å². The smallest absolute Gasteiger partial charge is 0.223 e. The molecule has 0 aromatic carbocycles. The molecule has 0 radical (unpaired) electrons. The van der Waals surface area contributed by atoms with Gasteiger partial charge in [0.15, 0.2) is 0 Å². The van der Waals surface area contributed by atoms with E-state index in [9.17, 15) is 4.79 Å². The number of nitrogens with one attached hydrogen (secondary N) is 1. The summed E-state index contributed by atoms with van der Waals surface area (Å²) in [5.74, 6) is 0.195. The van der Waals surface area contributed by atoms with Crippen LogP contribution in [0.1, 0.15) is 19.8 Å². The number of likely N-dealkylation sites (tertiary alicyclic amines) is 1. The highest BCUT2D eigenvalue weighted by Crippen LogP contribution is 2.12. The zero-order chi connectivity index (χ0) is 14.3. The first-order valence-electron chi connectivity index (χ1n) is 7.38. The van der Waals surface area contributed by atoms with Crippen LogP contribution >= 0.6 is 0 Å². The van der Waals surface area contributed by atoms with E-state index in [1.54, 1.807) is 19.0 Å². The second kappa shape index (κ2) is 8.51. The first kappa shape index (κ1) is 16.4. The molecule has 1 saturated heterocycles. The van der Waals surface area contributed by atoms with Crippen molar-refractivity contribution in [2.24, 2.45) is 0 Å². The van der Waals surface area contributed by atoms with Crippen LogP contribution in [0.25, 0.3) is 0 Å². The van der Waals surface area contributed by atoms with Crippen LogP contribution in [0.5, 0.6) is 0 Å². The van der Waals surface area contributed by atoms with E-state index < -0.39 is 0 Å². The van der Waals surface area contributed by atoms with Gasteiger partial charge in [-0.25, -0.2) is 0 Å². The van der Waals surface area contributed by atoms with Gasteiger partial charge in [0, 0.05) is 46.2 Å². The molecule has 1 aliphatic rings. The van der Waals surface area contributed by atoms with E-state index >= 15 is 0 Å². The van der Waals surface area contributed by atoms with Crippen LogP contribution in [-0.2, 0) is 4.79 Å². The largest absolute Gasteiger partial charge is 0.349 e. The summed E-state index contributed by atoms with van der Waals surface area (Å²) in [6.07, 6.45) is 1.75. The fraction of sp³-hybridized carbons (Fsp3) is 0.929. The molecule has 1 N–H and O–H groups in total. The van der Waals surface area contributed by atoms with Gasteiger partial charge in [0.1, 0.15) is 0 Å². The molecular weight excluding hydrogens is 240 g/mol. The Labute approximate surface area is 117 Å². The summed E-state index contributed by atoms with van der Waals surface area (Å²) >= 11 is 0. The maximum absolute atomic E-state index is 11.4. The fourth-order valence-corrected chi connectivity index (χ4v) is 2.45. The molecule has 1 aliphatic heterocycles. The van der Waals surface area contributed by atoms with Crippen molar-refractivity contribution in [1.82, 2.24) is 20.0 Å². The Kier molecular flexibility index (Phi) is 7.34. The summed E-state index contributed by atoms with van der Waals surface area (Å²) in [6, 6.07) is 0.755. The highest BCUT2D eigenvalue weighted by atomic mass is 16.2. The molecule has 0 unspecified atom stereocenters. The van der Waals surface area contributed by atoms with Crippen LogP contribution < -0.4 is 5.32 Å². The second-order valence-corrected chi connectivity index (χ2v) is 5.65. The van der Waals surface area contributed by atoms with Gasteiger partial charge in [0.2, 0.25) is 5.91 Å². The average Bonchev–Trinajstić information content (AvgIpc) is 2.34. The zero-order valence-corrected chi connectivity index (χ0v) is 13.0. The quantitative estimate of drug-likeness (QED) is 0.602. The third-order valence-corrected chi connectivity index (χ3v) is 3.78. The standard InChI is InChI=1S/C14H30N4O/c1-5-18(13-11-17(4)12-13)10-6-8-15-9-7-14(19)16(2)3/h13,15H,5-12H2,1-4H3. The first-order valence-corrected chi connectivity index (χ1v) is 7.38. The number of carbonyl (C=O) groups is 1. The molecule has 0 aromatic heterocycles. The summed E-state index contributed by atoms with van der Waals surface area (Å²) in [5.41, 5.74) is 0.